The molecule has 1 aliphatic rings. The molecule has 2 rings (SSSR count). The highest BCUT2D eigenvalue weighted by Crippen LogP contribution is 2.39. The largest absolute Gasteiger partial charge is 0.369 e. The zero-order chi connectivity index (χ0) is 13.0. The van der Waals surface area contributed by atoms with Gasteiger partial charge in [-0.05, 0) is 30.9 Å². The van der Waals surface area contributed by atoms with Gasteiger partial charge in [0.2, 0.25) is 5.91 Å². The smallest absolute Gasteiger partial charge is 0.220 e. The Morgan fingerprint density at radius 3 is 2.61 bits per heavy atom. The van der Waals surface area contributed by atoms with Gasteiger partial charge >= 0.3 is 0 Å². The summed E-state index contributed by atoms with van der Waals surface area (Å²) in [6, 6.07) is 5.93. The van der Waals surface area contributed by atoms with E-state index in [1.807, 2.05) is 25.1 Å². The van der Waals surface area contributed by atoms with E-state index in [4.69, 9.17) is 5.73 Å². The summed E-state index contributed by atoms with van der Waals surface area (Å²) in [6.45, 7) is 1.94. The zero-order valence-electron chi connectivity index (χ0n) is 11.0. The summed E-state index contributed by atoms with van der Waals surface area (Å²) >= 11 is 0. The molecule has 98 valence electrons. The quantitative estimate of drug-likeness (QED) is 0.888. The first-order chi connectivity index (χ1) is 8.70. The van der Waals surface area contributed by atoms with E-state index in [0.29, 0.717) is 5.92 Å². The molecular weight excluding hydrogens is 224 g/mol. The van der Waals surface area contributed by atoms with E-state index in [-0.39, 0.29) is 17.7 Å². The van der Waals surface area contributed by atoms with Gasteiger partial charge in [-0.25, -0.2) is 0 Å². The van der Waals surface area contributed by atoms with Gasteiger partial charge in [0.15, 0.2) is 0 Å². The van der Waals surface area contributed by atoms with Gasteiger partial charge < -0.3 is 5.73 Å². The van der Waals surface area contributed by atoms with Crippen molar-refractivity contribution in [3.8, 4) is 0 Å². The monoisotopic (exact) mass is 246 g/mol. The van der Waals surface area contributed by atoms with Crippen LogP contribution in [0.4, 0.5) is 0 Å². The van der Waals surface area contributed by atoms with Crippen molar-refractivity contribution in [1.82, 2.24) is 4.98 Å². The minimum Gasteiger partial charge on any atom is -0.369 e. The summed E-state index contributed by atoms with van der Waals surface area (Å²) in [5, 5.41) is 0. The number of hydrogen-bond donors (Lipinski definition) is 1. The van der Waals surface area contributed by atoms with Gasteiger partial charge in [0.05, 0.1) is 0 Å². The molecular formula is C15H22N2O. The van der Waals surface area contributed by atoms with Gasteiger partial charge in [-0.3, -0.25) is 9.78 Å². The van der Waals surface area contributed by atoms with Crippen molar-refractivity contribution < 1.29 is 4.79 Å². The second-order valence-corrected chi connectivity index (χ2v) is 5.37. The molecule has 1 fully saturated rings. The van der Waals surface area contributed by atoms with E-state index in [9.17, 15) is 4.79 Å². The Morgan fingerprint density at radius 1 is 1.33 bits per heavy atom. The predicted molar refractivity (Wildman–Crippen MR) is 71.9 cm³/mol. The molecule has 0 saturated heterocycles. The van der Waals surface area contributed by atoms with E-state index in [0.717, 1.165) is 5.69 Å². The molecule has 18 heavy (non-hydrogen) atoms. The van der Waals surface area contributed by atoms with Crippen molar-refractivity contribution in [3.63, 3.8) is 0 Å². The zero-order valence-corrected chi connectivity index (χ0v) is 11.0. The third-order valence-corrected chi connectivity index (χ3v) is 4.17. The van der Waals surface area contributed by atoms with Crippen LogP contribution in [0.1, 0.15) is 50.6 Å². The van der Waals surface area contributed by atoms with Crippen LogP contribution in [0.3, 0.4) is 0 Å². The number of rotatable bonds is 4. The van der Waals surface area contributed by atoms with Gasteiger partial charge in [-0.15, -0.1) is 0 Å². The lowest BCUT2D eigenvalue weighted by molar-refractivity contribution is -0.122. The summed E-state index contributed by atoms with van der Waals surface area (Å²) in [6.07, 6.45) is 8.03. The fraction of sp³-hybridized carbons (Fsp3) is 0.600. The lowest BCUT2D eigenvalue weighted by Gasteiger charge is -2.32. The number of amides is 1. The lowest BCUT2D eigenvalue weighted by atomic mass is 9.72. The molecule has 3 heteroatoms. The molecule has 1 aromatic rings. The molecule has 1 amide bonds. The first-order valence-corrected chi connectivity index (χ1v) is 6.90. The van der Waals surface area contributed by atoms with E-state index < -0.39 is 0 Å². The maximum absolute atomic E-state index is 11.6. The minimum atomic E-state index is -0.212. The normalized spacial score (nSPS) is 20.3. The number of nitrogens with two attached hydrogens (primary N) is 1. The van der Waals surface area contributed by atoms with Crippen LogP contribution in [-0.2, 0) is 4.79 Å². The number of carbonyl (C=O) groups excluding carboxylic acids is 1. The summed E-state index contributed by atoms with van der Waals surface area (Å²) in [5.74, 6) is 0.388. The molecule has 1 aromatic heterocycles. The summed E-state index contributed by atoms with van der Waals surface area (Å²) in [7, 11) is 0. The molecule has 1 saturated carbocycles. The minimum absolute atomic E-state index is 0.136. The Bertz CT molecular complexity index is 385. The molecule has 0 aliphatic heterocycles. The Balaban J connectivity index is 2.25. The van der Waals surface area contributed by atoms with Crippen molar-refractivity contribution in [2.45, 2.75) is 44.9 Å². The van der Waals surface area contributed by atoms with Crippen LogP contribution in [0.25, 0.3) is 0 Å². The van der Waals surface area contributed by atoms with Gasteiger partial charge in [0.25, 0.3) is 0 Å². The Hall–Kier alpha value is -1.38. The van der Waals surface area contributed by atoms with Crippen LogP contribution in [-0.4, -0.2) is 10.9 Å². The molecule has 2 unspecified atom stereocenters. The molecule has 2 atom stereocenters. The molecule has 0 spiro atoms. The Kier molecular flexibility index (Phi) is 4.34. The number of nitrogens with zero attached hydrogens (tertiary/aromatic N) is 1. The molecule has 1 aliphatic carbocycles. The fourth-order valence-corrected chi connectivity index (χ4v) is 3.15. The number of primary amides is 1. The van der Waals surface area contributed by atoms with Crippen LogP contribution in [0.2, 0.25) is 0 Å². The highest BCUT2D eigenvalue weighted by Gasteiger charge is 2.32. The van der Waals surface area contributed by atoms with Gasteiger partial charge in [0.1, 0.15) is 0 Å². The van der Waals surface area contributed by atoms with Gasteiger partial charge in [-0.1, -0.05) is 32.3 Å². The topological polar surface area (TPSA) is 56.0 Å². The van der Waals surface area contributed by atoms with Crippen LogP contribution in [0, 0.1) is 11.8 Å². The maximum atomic E-state index is 11.6. The summed E-state index contributed by atoms with van der Waals surface area (Å²) in [4.78, 5) is 16.0. The Morgan fingerprint density at radius 2 is 2.06 bits per heavy atom. The third kappa shape index (κ3) is 2.89. The first kappa shape index (κ1) is 13.1. The van der Waals surface area contributed by atoms with E-state index in [2.05, 4.69) is 4.98 Å². The molecule has 3 nitrogen and oxygen atoms in total. The summed E-state index contributed by atoms with van der Waals surface area (Å²) in [5.41, 5.74) is 6.54. The average Bonchev–Trinajstić information content (AvgIpc) is 2.41. The molecule has 0 radical (unpaired) electrons. The molecule has 0 aromatic carbocycles. The van der Waals surface area contributed by atoms with Crippen LogP contribution in [0.15, 0.2) is 24.4 Å². The van der Waals surface area contributed by atoms with Crippen LogP contribution < -0.4 is 5.73 Å². The van der Waals surface area contributed by atoms with Crippen LogP contribution in [0.5, 0.6) is 0 Å². The number of aromatic nitrogens is 1. The first-order valence-electron chi connectivity index (χ1n) is 6.90. The van der Waals surface area contributed by atoms with Crippen molar-refractivity contribution in [1.29, 1.82) is 0 Å². The second kappa shape index (κ2) is 5.98. The Labute approximate surface area is 109 Å². The molecule has 1 heterocycles. The van der Waals surface area contributed by atoms with Crippen molar-refractivity contribution in [2.24, 2.45) is 17.6 Å². The molecule has 2 N–H and O–H groups in total. The summed E-state index contributed by atoms with van der Waals surface area (Å²) < 4.78 is 0. The number of carbonyl (C=O) groups is 1. The number of hydrogen-bond acceptors (Lipinski definition) is 2. The lowest BCUT2D eigenvalue weighted by Crippen LogP contribution is -2.32. The van der Waals surface area contributed by atoms with E-state index in [1.165, 1.54) is 32.1 Å². The van der Waals surface area contributed by atoms with Gasteiger partial charge in [-0.2, -0.15) is 0 Å². The predicted octanol–water partition coefficient (Wildman–Crippen LogP) is 2.87. The number of pyridine rings is 1. The fourth-order valence-electron chi connectivity index (χ4n) is 3.15. The van der Waals surface area contributed by atoms with E-state index >= 15 is 0 Å². The van der Waals surface area contributed by atoms with Crippen molar-refractivity contribution >= 4 is 5.91 Å². The third-order valence-electron chi connectivity index (χ3n) is 4.17. The van der Waals surface area contributed by atoms with Crippen molar-refractivity contribution in [2.75, 3.05) is 0 Å². The highest BCUT2D eigenvalue weighted by atomic mass is 16.1. The van der Waals surface area contributed by atoms with Crippen LogP contribution >= 0.6 is 0 Å². The van der Waals surface area contributed by atoms with E-state index in [1.54, 1.807) is 6.20 Å². The maximum Gasteiger partial charge on any atom is 0.220 e. The second-order valence-electron chi connectivity index (χ2n) is 5.37. The highest BCUT2D eigenvalue weighted by molar-refractivity contribution is 5.77. The van der Waals surface area contributed by atoms with Crippen molar-refractivity contribution in [3.05, 3.63) is 30.1 Å². The SMILES string of the molecule is CC(C(N)=O)C(c1ccccn1)C1CCCCC1. The average molecular weight is 246 g/mol. The van der Waals surface area contributed by atoms with Gasteiger partial charge in [0, 0.05) is 23.7 Å². The standard InChI is InChI=1S/C15H22N2O/c1-11(15(16)18)14(12-7-3-2-4-8-12)13-9-5-6-10-17-13/h5-6,9-12,14H,2-4,7-8H2,1H3,(H2,16,18). The molecule has 0 bridgehead atoms.